The minimum atomic E-state index is -0.378. The van der Waals surface area contributed by atoms with Crippen LogP contribution in [0.2, 0.25) is 0 Å². The maximum Gasteiger partial charge on any atom is 0.250 e. The number of aryl methyl sites for hydroxylation is 1. The Morgan fingerprint density at radius 3 is 2.95 bits per heavy atom. The third kappa shape index (κ3) is 3.84. The number of nitrogens with one attached hydrogen (secondary N) is 1. The highest BCUT2D eigenvalue weighted by atomic mass is 79.9. The van der Waals surface area contributed by atoms with E-state index in [1.54, 1.807) is 12.1 Å². The zero-order chi connectivity index (χ0) is 13.7. The van der Waals surface area contributed by atoms with Gasteiger partial charge in [-0.25, -0.2) is 4.39 Å². The lowest BCUT2D eigenvalue weighted by atomic mass is 10.2. The van der Waals surface area contributed by atoms with Crippen LogP contribution in [0.1, 0.15) is 19.2 Å². The van der Waals surface area contributed by atoms with E-state index in [4.69, 9.17) is 4.42 Å². The molecule has 1 aromatic heterocycles. The molecule has 0 saturated carbocycles. The highest BCUT2D eigenvalue weighted by molar-refractivity contribution is 9.10. The van der Waals surface area contributed by atoms with Gasteiger partial charge in [0.25, 0.3) is 5.89 Å². The van der Waals surface area contributed by atoms with Crippen LogP contribution in [0, 0.1) is 5.82 Å². The SMILES string of the molecule is CCNCCCc1nnc(-c2ccc(Br)cc2F)o1. The highest BCUT2D eigenvalue weighted by Crippen LogP contribution is 2.24. The van der Waals surface area contributed by atoms with Crippen LogP contribution in [0.15, 0.2) is 27.1 Å². The van der Waals surface area contributed by atoms with Crippen molar-refractivity contribution in [1.82, 2.24) is 15.5 Å². The lowest BCUT2D eigenvalue weighted by Crippen LogP contribution is -2.14. The van der Waals surface area contributed by atoms with Crippen molar-refractivity contribution in [2.75, 3.05) is 13.1 Å². The van der Waals surface area contributed by atoms with Crippen LogP contribution in [0.5, 0.6) is 0 Å². The minimum absolute atomic E-state index is 0.225. The molecule has 1 aromatic carbocycles. The first-order valence-corrected chi connectivity index (χ1v) is 6.98. The largest absolute Gasteiger partial charge is 0.421 e. The Labute approximate surface area is 119 Å². The van der Waals surface area contributed by atoms with E-state index in [9.17, 15) is 4.39 Å². The maximum absolute atomic E-state index is 13.7. The number of hydrogen-bond donors (Lipinski definition) is 1. The van der Waals surface area contributed by atoms with Gasteiger partial charge in [0.05, 0.1) is 5.56 Å². The Hall–Kier alpha value is -1.27. The third-order valence-corrected chi connectivity index (χ3v) is 3.12. The summed E-state index contributed by atoms with van der Waals surface area (Å²) in [6.45, 7) is 3.90. The second-order valence-electron chi connectivity index (χ2n) is 4.08. The summed E-state index contributed by atoms with van der Waals surface area (Å²) in [7, 11) is 0. The summed E-state index contributed by atoms with van der Waals surface area (Å²) in [4.78, 5) is 0. The first kappa shape index (κ1) is 14.1. The van der Waals surface area contributed by atoms with Crippen molar-refractivity contribution in [3.8, 4) is 11.5 Å². The predicted octanol–water partition coefficient (Wildman–Crippen LogP) is 3.18. The molecule has 0 saturated heterocycles. The van der Waals surface area contributed by atoms with Gasteiger partial charge in [-0.05, 0) is 37.7 Å². The van der Waals surface area contributed by atoms with Crippen LogP contribution in [0.4, 0.5) is 4.39 Å². The molecule has 102 valence electrons. The molecule has 0 atom stereocenters. The van der Waals surface area contributed by atoms with Crippen LogP contribution < -0.4 is 5.32 Å². The molecule has 2 rings (SSSR count). The molecule has 2 aromatic rings. The molecule has 0 radical (unpaired) electrons. The van der Waals surface area contributed by atoms with Crippen molar-refractivity contribution in [3.05, 3.63) is 34.4 Å². The summed E-state index contributed by atoms with van der Waals surface area (Å²) >= 11 is 3.21. The Kier molecular flexibility index (Phi) is 5.04. The number of nitrogens with zero attached hydrogens (tertiary/aromatic N) is 2. The fourth-order valence-electron chi connectivity index (χ4n) is 1.67. The number of halogens is 2. The standard InChI is InChI=1S/C13H15BrFN3O/c1-2-16-7-3-4-12-17-18-13(19-12)10-6-5-9(14)8-11(10)15/h5-6,8,16H,2-4,7H2,1H3. The second-order valence-corrected chi connectivity index (χ2v) is 5.00. The van der Waals surface area contributed by atoms with Crippen molar-refractivity contribution in [2.45, 2.75) is 19.8 Å². The van der Waals surface area contributed by atoms with Gasteiger partial charge in [-0.2, -0.15) is 0 Å². The van der Waals surface area contributed by atoms with Crippen LogP contribution in [-0.4, -0.2) is 23.3 Å². The van der Waals surface area contributed by atoms with E-state index in [0.29, 0.717) is 22.3 Å². The van der Waals surface area contributed by atoms with Gasteiger partial charge >= 0.3 is 0 Å². The van der Waals surface area contributed by atoms with Gasteiger partial charge < -0.3 is 9.73 Å². The molecule has 6 heteroatoms. The molecule has 0 bridgehead atoms. The molecule has 0 fully saturated rings. The average molecular weight is 328 g/mol. The highest BCUT2D eigenvalue weighted by Gasteiger charge is 2.12. The molecular formula is C13H15BrFN3O. The molecule has 0 amide bonds. The number of rotatable bonds is 6. The molecule has 1 N–H and O–H groups in total. The normalized spacial score (nSPS) is 10.9. The van der Waals surface area contributed by atoms with Gasteiger partial charge in [0.15, 0.2) is 0 Å². The second kappa shape index (κ2) is 6.77. The van der Waals surface area contributed by atoms with E-state index < -0.39 is 0 Å². The van der Waals surface area contributed by atoms with Gasteiger partial charge in [0.2, 0.25) is 5.89 Å². The van der Waals surface area contributed by atoms with Gasteiger partial charge in [-0.3, -0.25) is 0 Å². The van der Waals surface area contributed by atoms with Crippen LogP contribution in [0.3, 0.4) is 0 Å². The third-order valence-electron chi connectivity index (χ3n) is 2.62. The summed E-state index contributed by atoms with van der Waals surface area (Å²) in [5.74, 6) is 0.385. The topological polar surface area (TPSA) is 51.0 Å². The predicted molar refractivity (Wildman–Crippen MR) is 74.3 cm³/mol. The van der Waals surface area contributed by atoms with Gasteiger partial charge in [0, 0.05) is 10.9 Å². The minimum Gasteiger partial charge on any atom is -0.421 e. The maximum atomic E-state index is 13.7. The monoisotopic (exact) mass is 327 g/mol. The Balaban J connectivity index is 2.04. The van der Waals surface area contributed by atoms with Gasteiger partial charge in [-0.15, -0.1) is 10.2 Å². The first-order chi connectivity index (χ1) is 9.20. The van der Waals surface area contributed by atoms with Crippen molar-refractivity contribution >= 4 is 15.9 Å². The van der Waals surface area contributed by atoms with Gasteiger partial charge in [0.1, 0.15) is 5.82 Å². The zero-order valence-corrected chi connectivity index (χ0v) is 12.2. The van der Waals surface area contributed by atoms with Crippen molar-refractivity contribution in [2.24, 2.45) is 0 Å². The molecule has 0 aliphatic heterocycles. The lowest BCUT2D eigenvalue weighted by molar-refractivity contribution is 0.489. The van der Waals surface area contributed by atoms with Crippen molar-refractivity contribution in [1.29, 1.82) is 0 Å². The molecule has 19 heavy (non-hydrogen) atoms. The van der Waals surface area contributed by atoms with Crippen molar-refractivity contribution in [3.63, 3.8) is 0 Å². The number of aromatic nitrogens is 2. The molecule has 0 aliphatic rings. The van der Waals surface area contributed by atoms with Crippen molar-refractivity contribution < 1.29 is 8.81 Å². The Morgan fingerprint density at radius 1 is 1.37 bits per heavy atom. The van der Waals surface area contributed by atoms with E-state index in [1.807, 2.05) is 0 Å². The molecule has 0 spiro atoms. The summed E-state index contributed by atoms with van der Waals surface area (Å²) in [5, 5.41) is 11.0. The smallest absolute Gasteiger partial charge is 0.250 e. The van der Waals surface area contributed by atoms with Gasteiger partial charge in [-0.1, -0.05) is 22.9 Å². The summed E-state index contributed by atoms with van der Waals surface area (Å²) in [5.41, 5.74) is 0.327. The number of hydrogen-bond acceptors (Lipinski definition) is 4. The van der Waals surface area contributed by atoms with Crippen LogP contribution in [-0.2, 0) is 6.42 Å². The molecule has 1 heterocycles. The van der Waals surface area contributed by atoms with E-state index in [-0.39, 0.29) is 11.7 Å². The van der Waals surface area contributed by atoms with E-state index in [2.05, 4.69) is 38.4 Å². The lowest BCUT2D eigenvalue weighted by Gasteiger charge is -1.99. The zero-order valence-electron chi connectivity index (χ0n) is 10.6. The number of benzene rings is 1. The summed E-state index contributed by atoms with van der Waals surface area (Å²) in [6, 6.07) is 4.74. The van der Waals surface area contributed by atoms with E-state index in [0.717, 1.165) is 19.5 Å². The van der Waals surface area contributed by atoms with Crippen LogP contribution >= 0.6 is 15.9 Å². The Morgan fingerprint density at radius 2 is 2.21 bits per heavy atom. The molecular weight excluding hydrogens is 313 g/mol. The van der Waals surface area contributed by atoms with E-state index >= 15 is 0 Å². The summed E-state index contributed by atoms with van der Waals surface area (Å²) < 4.78 is 19.9. The quantitative estimate of drug-likeness (QED) is 0.828. The van der Waals surface area contributed by atoms with Crippen LogP contribution in [0.25, 0.3) is 11.5 Å². The Bertz CT molecular complexity index is 544. The van der Waals surface area contributed by atoms with E-state index in [1.165, 1.54) is 6.07 Å². The summed E-state index contributed by atoms with van der Waals surface area (Å²) in [6.07, 6.45) is 1.61. The molecule has 4 nitrogen and oxygen atoms in total. The molecule has 0 aliphatic carbocycles. The molecule has 0 unspecified atom stereocenters. The fraction of sp³-hybridized carbons (Fsp3) is 0.385. The fourth-order valence-corrected chi connectivity index (χ4v) is 2.00. The average Bonchev–Trinajstić information content (AvgIpc) is 2.83. The first-order valence-electron chi connectivity index (χ1n) is 6.19.